The third kappa shape index (κ3) is 2.77. The van der Waals surface area contributed by atoms with Gasteiger partial charge in [0.1, 0.15) is 12.6 Å². The molecule has 4 rings (SSSR count). The number of carbonyl (C=O) groups excluding carboxylic acids is 3. The summed E-state index contributed by atoms with van der Waals surface area (Å²) in [4.78, 5) is 37.1. The van der Waals surface area contributed by atoms with Crippen LogP contribution in [0.3, 0.4) is 0 Å². The number of fused-ring (bicyclic) bond motifs is 3. The minimum absolute atomic E-state index is 0.0790. The highest BCUT2D eigenvalue weighted by Crippen LogP contribution is 2.44. The van der Waals surface area contributed by atoms with Gasteiger partial charge in [0.15, 0.2) is 0 Å². The smallest absolute Gasteiger partial charge is 0.427 e. The summed E-state index contributed by atoms with van der Waals surface area (Å²) in [6.07, 6.45) is -1.83. The molecule has 1 heterocycles. The number of esters is 1. The molecule has 1 aliphatic carbocycles. The number of benzene rings is 2. The van der Waals surface area contributed by atoms with Crippen molar-refractivity contribution >= 4 is 18.2 Å². The van der Waals surface area contributed by atoms with Crippen LogP contribution in [0.25, 0.3) is 11.1 Å². The molecule has 138 valence electrons. The molecule has 2 aliphatic rings. The maximum absolute atomic E-state index is 12.5. The van der Waals surface area contributed by atoms with Gasteiger partial charge in [0, 0.05) is 5.92 Å². The van der Waals surface area contributed by atoms with Crippen LogP contribution >= 0.6 is 0 Å². The molecule has 0 N–H and O–H groups in total. The Bertz CT molecular complexity index is 890. The minimum atomic E-state index is -0.976. The number of nitrogens with zero attached hydrogens (tertiary/aromatic N) is 1. The van der Waals surface area contributed by atoms with Crippen molar-refractivity contribution in [2.24, 2.45) is 5.92 Å². The van der Waals surface area contributed by atoms with E-state index in [4.69, 9.17) is 4.74 Å². The van der Waals surface area contributed by atoms with E-state index < -0.39 is 24.2 Å². The summed E-state index contributed by atoms with van der Waals surface area (Å²) >= 11 is 0. The minimum Gasteiger partial charge on any atom is -0.448 e. The van der Waals surface area contributed by atoms with E-state index in [1.807, 2.05) is 48.5 Å². The summed E-state index contributed by atoms with van der Waals surface area (Å²) in [7, 11) is 0. The van der Waals surface area contributed by atoms with Crippen molar-refractivity contribution < 1.29 is 23.9 Å². The van der Waals surface area contributed by atoms with E-state index in [1.54, 1.807) is 13.8 Å². The van der Waals surface area contributed by atoms with E-state index >= 15 is 0 Å². The highest BCUT2D eigenvalue weighted by atomic mass is 16.6. The summed E-state index contributed by atoms with van der Waals surface area (Å²) in [5, 5.41) is 0. The van der Waals surface area contributed by atoms with Crippen molar-refractivity contribution in [1.29, 1.82) is 0 Å². The molecule has 0 radical (unpaired) electrons. The first kappa shape index (κ1) is 17.3. The van der Waals surface area contributed by atoms with Gasteiger partial charge in [0.25, 0.3) is 0 Å². The topological polar surface area (TPSA) is 72.9 Å². The van der Waals surface area contributed by atoms with Crippen molar-refractivity contribution in [3.8, 4) is 11.1 Å². The fraction of sp³-hybridized carbons (Fsp3) is 0.286. The summed E-state index contributed by atoms with van der Waals surface area (Å²) in [6, 6.07) is 15.0. The Morgan fingerprint density at radius 3 is 2.15 bits per heavy atom. The second-order valence-electron chi connectivity index (χ2n) is 7.05. The van der Waals surface area contributed by atoms with Crippen molar-refractivity contribution in [1.82, 2.24) is 4.90 Å². The Morgan fingerprint density at radius 1 is 1.04 bits per heavy atom. The van der Waals surface area contributed by atoms with E-state index in [-0.39, 0.29) is 18.4 Å². The largest absolute Gasteiger partial charge is 0.448 e. The third-order valence-corrected chi connectivity index (χ3v) is 5.07. The number of amides is 2. The fourth-order valence-electron chi connectivity index (χ4n) is 3.84. The van der Waals surface area contributed by atoms with Crippen molar-refractivity contribution in [3.05, 3.63) is 59.7 Å². The van der Waals surface area contributed by atoms with Gasteiger partial charge in [0.2, 0.25) is 0 Å². The van der Waals surface area contributed by atoms with E-state index in [0.717, 1.165) is 27.2 Å². The van der Waals surface area contributed by atoms with Gasteiger partial charge in [-0.15, -0.1) is 0 Å². The van der Waals surface area contributed by atoms with Crippen LogP contribution in [0.1, 0.15) is 30.9 Å². The van der Waals surface area contributed by atoms with Gasteiger partial charge in [-0.3, -0.25) is 0 Å². The van der Waals surface area contributed by atoms with Crippen LogP contribution in [0.2, 0.25) is 0 Å². The highest BCUT2D eigenvalue weighted by Gasteiger charge is 2.48. The van der Waals surface area contributed by atoms with E-state index in [1.165, 1.54) is 0 Å². The summed E-state index contributed by atoms with van der Waals surface area (Å²) in [6.45, 7) is 3.57. The third-order valence-electron chi connectivity index (χ3n) is 5.07. The predicted octanol–water partition coefficient (Wildman–Crippen LogP) is 3.94. The van der Waals surface area contributed by atoms with Gasteiger partial charge >= 0.3 is 18.2 Å². The Kier molecular flexibility index (Phi) is 4.18. The van der Waals surface area contributed by atoms with Crippen LogP contribution < -0.4 is 0 Å². The molecule has 2 aromatic rings. The second-order valence-corrected chi connectivity index (χ2v) is 7.05. The molecule has 6 nitrogen and oxygen atoms in total. The van der Waals surface area contributed by atoms with Crippen molar-refractivity contribution in [3.63, 3.8) is 0 Å². The Morgan fingerprint density at radius 2 is 1.59 bits per heavy atom. The lowest BCUT2D eigenvalue weighted by Gasteiger charge is -2.21. The molecule has 0 bridgehead atoms. The predicted molar refractivity (Wildman–Crippen MR) is 97.0 cm³/mol. The average Bonchev–Trinajstić information content (AvgIpc) is 3.13. The van der Waals surface area contributed by atoms with Gasteiger partial charge in [-0.25, -0.2) is 14.4 Å². The Labute approximate surface area is 156 Å². The number of cyclic esters (lactones) is 2. The molecule has 27 heavy (non-hydrogen) atoms. The normalized spacial score (nSPS) is 18.5. The molecule has 0 spiro atoms. The first-order valence-corrected chi connectivity index (χ1v) is 8.89. The molecule has 0 aromatic heterocycles. The van der Waals surface area contributed by atoms with Gasteiger partial charge in [0.05, 0.1) is 0 Å². The zero-order valence-corrected chi connectivity index (χ0v) is 15.0. The first-order chi connectivity index (χ1) is 13.0. The fourth-order valence-corrected chi connectivity index (χ4v) is 3.84. The molecule has 1 atom stereocenters. The van der Waals surface area contributed by atoms with Gasteiger partial charge < -0.3 is 9.47 Å². The molecule has 0 saturated carbocycles. The number of hydrogen-bond acceptors (Lipinski definition) is 5. The zero-order valence-electron chi connectivity index (χ0n) is 15.0. The van der Waals surface area contributed by atoms with Crippen LogP contribution in [-0.2, 0) is 14.3 Å². The second kappa shape index (κ2) is 6.54. The quantitative estimate of drug-likeness (QED) is 0.608. The highest BCUT2D eigenvalue weighted by molar-refractivity contribution is 6.04. The number of rotatable bonds is 3. The first-order valence-electron chi connectivity index (χ1n) is 8.89. The molecular weight excluding hydrogens is 346 g/mol. The molecule has 2 aromatic carbocycles. The van der Waals surface area contributed by atoms with Crippen LogP contribution in [0.15, 0.2) is 48.5 Å². The molecule has 2 amide bonds. The van der Waals surface area contributed by atoms with Gasteiger partial charge in [-0.1, -0.05) is 62.4 Å². The Hall–Kier alpha value is -3.15. The van der Waals surface area contributed by atoms with Gasteiger partial charge in [-0.2, -0.15) is 4.90 Å². The number of ether oxygens (including phenoxy) is 2. The lowest BCUT2D eigenvalue weighted by Crippen LogP contribution is -2.43. The summed E-state index contributed by atoms with van der Waals surface area (Å²) in [5.74, 6) is -1.10. The van der Waals surface area contributed by atoms with Gasteiger partial charge in [-0.05, 0) is 28.2 Å². The molecule has 1 saturated heterocycles. The van der Waals surface area contributed by atoms with E-state index in [2.05, 4.69) is 4.74 Å². The lowest BCUT2D eigenvalue weighted by atomic mass is 9.98. The monoisotopic (exact) mass is 365 g/mol. The molecule has 1 aliphatic heterocycles. The van der Waals surface area contributed by atoms with Crippen LogP contribution in [-0.4, -0.2) is 35.7 Å². The SMILES string of the molecule is CC(C)C1C(=O)OC(=O)N1C(=O)OCC1c2ccccc2-c2ccccc21. The van der Waals surface area contributed by atoms with Crippen LogP contribution in [0, 0.1) is 5.92 Å². The molecule has 1 unspecified atom stereocenters. The number of imide groups is 1. The lowest BCUT2D eigenvalue weighted by molar-refractivity contribution is -0.136. The molecule has 6 heteroatoms. The number of hydrogen-bond donors (Lipinski definition) is 0. The van der Waals surface area contributed by atoms with E-state index in [9.17, 15) is 14.4 Å². The van der Waals surface area contributed by atoms with Crippen molar-refractivity contribution in [2.75, 3.05) is 6.61 Å². The molecule has 1 fully saturated rings. The maximum Gasteiger partial charge on any atom is 0.427 e. The average molecular weight is 365 g/mol. The van der Waals surface area contributed by atoms with Crippen LogP contribution in [0.5, 0.6) is 0 Å². The Balaban J connectivity index is 1.56. The standard InChI is InChI=1S/C21H19NO5/c1-12(2)18-19(23)27-21(25)22(18)20(24)26-11-17-15-9-5-3-7-13(15)14-8-4-6-10-16(14)17/h3-10,12,17-18H,11H2,1-2H3. The summed E-state index contributed by atoms with van der Waals surface area (Å²) < 4.78 is 10.1. The number of carbonyl (C=O) groups is 3. The van der Waals surface area contributed by atoms with Crippen LogP contribution in [0.4, 0.5) is 9.59 Å². The summed E-state index contributed by atoms with van der Waals surface area (Å²) in [5.41, 5.74) is 4.38. The van der Waals surface area contributed by atoms with E-state index in [0.29, 0.717) is 0 Å². The maximum atomic E-state index is 12.5. The zero-order chi connectivity index (χ0) is 19.1. The van der Waals surface area contributed by atoms with Crippen molar-refractivity contribution in [2.45, 2.75) is 25.8 Å². The molecular formula is C21H19NO5.